The molecule has 0 radical (unpaired) electrons. The molecule has 0 spiro atoms. The molecule has 0 N–H and O–H groups in total. The maximum absolute atomic E-state index is 13.0. The van der Waals surface area contributed by atoms with Crippen molar-refractivity contribution in [3.63, 3.8) is 0 Å². The molecule has 5 nitrogen and oxygen atoms in total. The van der Waals surface area contributed by atoms with Gasteiger partial charge in [-0.15, -0.1) is 0 Å². The Morgan fingerprint density at radius 2 is 1.66 bits per heavy atom. The Labute approximate surface area is 208 Å². The lowest BCUT2D eigenvalue weighted by atomic mass is 9.86. The van der Waals surface area contributed by atoms with E-state index in [4.69, 9.17) is 9.47 Å². The van der Waals surface area contributed by atoms with Crippen LogP contribution in [0.15, 0.2) is 78.9 Å². The zero-order chi connectivity index (χ0) is 25.4. The first-order valence-corrected chi connectivity index (χ1v) is 11.8. The van der Waals surface area contributed by atoms with Crippen LogP contribution < -0.4 is 4.74 Å². The lowest BCUT2D eigenvalue weighted by Gasteiger charge is -2.19. The second kappa shape index (κ2) is 11.5. The van der Waals surface area contributed by atoms with E-state index in [9.17, 15) is 10.1 Å². The first-order valence-electron chi connectivity index (χ1n) is 11.8. The number of nitriles is 1. The molecule has 35 heavy (non-hydrogen) atoms. The van der Waals surface area contributed by atoms with Crippen LogP contribution in [0.1, 0.15) is 57.5 Å². The van der Waals surface area contributed by atoms with E-state index >= 15 is 0 Å². The first-order chi connectivity index (χ1) is 16.7. The number of para-hydroxylation sites is 1. The van der Waals surface area contributed by atoms with Crippen LogP contribution in [0.5, 0.6) is 11.6 Å². The lowest BCUT2D eigenvalue weighted by molar-refractivity contribution is -0.151. The number of carbonyl (C=O) groups excluding carboxylic acids is 1. The van der Waals surface area contributed by atoms with Gasteiger partial charge in [0.15, 0.2) is 0 Å². The molecule has 0 aliphatic rings. The number of aromatic nitrogens is 1. The average Bonchev–Trinajstić information content (AvgIpc) is 2.83. The molecular formula is C30H32N2O3. The van der Waals surface area contributed by atoms with Gasteiger partial charge in [-0.1, -0.05) is 95.3 Å². The van der Waals surface area contributed by atoms with Crippen LogP contribution in [0, 0.1) is 23.2 Å². The molecule has 1 aromatic heterocycles. The fraction of sp³-hybridized carbons (Fsp3) is 0.300. The van der Waals surface area contributed by atoms with Gasteiger partial charge >= 0.3 is 5.97 Å². The summed E-state index contributed by atoms with van der Waals surface area (Å²) in [5.74, 6) is -0.0259. The summed E-state index contributed by atoms with van der Waals surface area (Å²) in [7, 11) is 0. The lowest BCUT2D eigenvalue weighted by Crippen LogP contribution is -2.23. The van der Waals surface area contributed by atoms with Gasteiger partial charge in [-0.3, -0.25) is 4.79 Å². The maximum atomic E-state index is 13.0. The molecule has 2 unspecified atom stereocenters. The van der Waals surface area contributed by atoms with Crippen molar-refractivity contribution in [1.29, 1.82) is 5.26 Å². The minimum Gasteiger partial charge on any atom is -0.440 e. The van der Waals surface area contributed by atoms with Crippen molar-refractivity contribution in [2.24, 2.45) is 11.8 Å². The number of nitrogens with zero attached hydrogens (tertiary/aromatic N) is 2. The van der Waals surface area contributed by atoms with Gasteiger partial charge in [0.05, 0.1) is 11.6 Å². The molecule has 5 heteroatoms. The summed E-state index contributed by atoms with van der Waals surface area (Å²) in [4.78, 5) is 17.4. The highest BCUT2D eigenvalue weighted by molar-refractivity contribution is 5.76. The predicted octanol–water partition coefficient (Wildman–Crippen LogP) is 7.26. The topological polar surface area (TPSA) is 72.2 Å². The smallest absolute Gasteiger partial charge is 0.314 e. The Morgan fingerprint density at radius 3 is 2.26 bits per heavy atom. The van der Waals surface area contributed by atoms with Gasteiger partial charge < -0.3 is 9.47 Å². The number of benzene rings is 2. The van der Waals surface area contributed by atoms with E-state index in [1.165, 1.54) is 5.56 Å². The monoisotopic (exact) mass is 468 g/mol. The molecule has 2 atom stereocenters. The van der Waals surface area contributed by atoms with Crippen LogP contribution in [0.4, 0.5) is 0 Å². The number of hydrogen-bond acceptors (Lipinski definition) is 5. The van der Waals surface area contributed by atoms with Crippen molar-refractivity contribution in [3.05, 3.63) is 95.7 Å². The molecule has 3 aromatic rings. The standard InChI is InChI=1S/C30H32N2O3/c1-21(2)25(19-16-22-14-17-23(18-15-22)30(3,4)5)29(33)35-27(20-31)26-12-9-13-28(32-26)34-24-10-7-6-8-11-24/h6-19,21,25,27H,1-5H3. The maximum Gasteiger partial charge on any atom is 0.314 e. The zero-order valence-electron chi connectivity index (χ0n) is 20.9. The molecule has 3 rings (SSSR count). The number of pyridine rings is 1. The number of carbonyl (C=O) groups is 1. The SMILES string of the molecule is CC(C)C(C=Cc1ccc(C(C)(C)C)cc1)C(=O)OC(C#N)c1cccc(Oc2ccccc2)n1. The highest BCUT2D eigenvalue weighted by Crippen LogP contribution is 2.26. The summed E-state index contributed by atoms with van der Waals surface area (Å²) in [6.07, 6.45) is 2.63. The van der Waals surface area contributed by atoms with Crippen molar-refractivity contribution in [2.45, 2.75) is 46.1 Å². The predicted molar refractivity (Wildman–Crippen MR) is 138 cm³/mol. The summed E-state index contributed by atoms with van der Waals surface area (Å²) in [6.45, 7) is 10.4. The van der Waals surface area contributed by atoms with E-state index in [1.54, 1.807) is 18.2 Å². The normalized spacial score (nSPS) is 13.3. The van der Waals surface area contributed by atoms with Crippen LogP contribution in [0.25, 0.3) is 6.08 Å². The highest BCUT2D eigenvalue weighted by Gasteiger charge is 2.26. The molecule has 1 heterocycles. The third-order valence-corrected chi connectivity index (χ3v) is 5.59. The molecule has 0 saturated carbocycles. The van der Waals surface area contributed by atoms with E-state index in [-0.39, 0.29) is 11.3 Å². The van der Waals surface area contributed by atoms with Crippen molar-refractivity contribution in [3.8, 4) is 17.7 Å². The van der Waals surface area contributed by atoms with Crippen LogP contribution >= 0.6 is 0 Å². The molecule has 2 aromatic carbocycles. The number of hydrogen-bond donors (Lipinski definition) is 0. The third-order valence-electron chi connectivity index (χ3n) is 5.59. The Kier molecular flexibility index (Phi) is 8.43. The Bertz CT molecular complexity index is 1190. The molecule has 180 valence electrons. The van der Waals surface area contributed by atoms with E-state index < -0.39 is 18.0 Å². The molecular weight excluding hydrogens is 436 g/mol. The summed E-state index contributed by atoms with van der Waals surface area (Å²) < 4.78 is 11.3. The number of esters is 1. The van der Waals surface area contributed by atoms with Crippen LogP contribution in [0.3, 0.4) is 0 Å². The summed E-state index contributed by atoms with van der Waals surface area (Å²) in [6, 6.07) is 24.6. The molecule has 0 aliphatic carbocycles. The average molecular weight is 469 g/mol. The zero-order valence-corrected chi connectivity index (χ0v) is 20.9. The Hall–Kier alpha value is -3.91. The minimum absolute atomic E-state index is 0.00681. The minimum atomic E-state index is -1.14. The fourth-order valence-electron chi connectivity index (χ4n) is 3.47. The van der Waals surface area contributed by atoms with E-state index in [0.717, 1.165) is 5.56 Å². The van der Waals surface area contributed by atoms with E-state index in [2.05, 4.69) is 37.9 Å². The second-order valence-corrected chi connectivity index (χ2v) is 9.76. The van der Waals surface area contributed by atoms with Gasteiger partial charge in [0.1, 0.15) is 11.8 Å². The first kappa shape index (κ1) is 25.7. The van der Waals surface area contributed by atoms with Gasteiger partial charge in [0.25, 0.3) is 0 Å². The number of rotatable bonds is 8. The molecule has 0 fully saturated rings. The molecule has 0 saturated heterocycles. The van der Waals surface area contributed by atoms with Crippen LogP contribution in [-0.4, -0.2) is 11.0 Å². The van der Waals surface area contributed by atoms with Crippen molar-refractivity contribution in [2.75, 3.05) is 0 Å². The van der Waals surface area contributed by atoms with Crippen molar-refractivity contribution in [1.82, 2.24) is 4.98 Å². The highest BCUT2D eigenvalue weighted by atomic mass is 16.5. The molecule has 0 bridgehead atoms. The molecule has 0 aliphatic heterocycles. The fourth-order valence-corrected chi connectivity index (χ4v) is 3.47. The third kappa shape index (κ3) is 7.28. The van der Waals surface area contributed by atoms with Gasteiger partial charge in [0.2, 0.25) is 12.0 Å². The Morgan fingerprint density at radius 1 is 0.971 bits per heavy atom. The largest absolute Gasteiger partial charge is 0.440 e. The molecule has 0 amide bonds. The van der Waals surface area contributed by atoms with E-state index in [0.29, 0.717) is 17.3 Å². The van der Waals surface area contributed by atoms with E-state index in [1.807, 2.05) is 74.5 Å². The Balaban J connectivity index is 1.72. The van der Waals surface area contributed by atoms with Gasteiger partial charge in [-0.05, 0) is 40.7 Å². The summed E-state index contributed by atoms with van der Waals surface area (Å²) >= 11 is 0. The van der Waals surface area contributed by atoms with Crippen LogP contribution in [0.2, 0.25) is 0 Å². The summed E-state index contributed by atoms with van der Waals surface area (Å²) in [5, 5.41) is 9.70. The van der Waals surface area contributed by atoms with Gasteiger partial charge in [-0.25, -0.2) is 4.98 Å². The summed E-state index contributed by atoms with van der Waals surface area (Å²) in [5.41, 5.74) is 2.65. The number of ether oxygens (including phenoxy) is 2. The van der Waals surface area contributed by atoms with Crippen molar-refractivity contribution >= 4 is 12.0 Å². The quantitative estimate of drug-likeness (QED) is 0.325. The second-order valence-electron chi connectivity index (χ2n) is 9.76. The van der Waals surface area contributed by atoms with Gasteiger partial charge in [0, 0.05) is 6.07 Å². The van der Waals surface area contributed by atoms with Gasteiger partial charge in [-0.2, -0.15) is 5.26 Å². The van der Waals surface area contributed by atoms with Crippen LogP contribution in [-0.2, 0) is 14.9 Å². The van der Waals surface area contributed by atoms with Crippen molar-refractivity contribution < 1.29 is 14.3 Å².